The van der Waals surface area contributed by atoms with Crippen LogP contribution in [0.15, 0.2) is 48.5 Å². The van der Waals surface area contributed by atoms with Gasteiger partial charge in [-0.15, -0.1) is 0 Å². The summed E-state index contributed by atoms with van der Waals surface area (Å²) < 4.78 is 7.50. The first kappa shape index (κ1) is 21.3. The molecule has 4 rings (SSSR count). The van der Waals surface area contributed by atoms with Crippen molar-refractivity contribution in [3.05, 3.63) is 76.3 Å². The minimum absolute atomic E-state index is 0.433. The van der Waals surface area contributed by atoms with Crippen LogP contribution in [-0.2, 0) is 13.0 Å². The molecule has 1 heterocycles. The van der Waals surface area contributed by atoms with Crippen molar-refractivity contribution >= 4 is 39.3 Å². The second-order valence-electron chi connectivity index (χ2n) is 7.84. The minimum Gasteiger partial charge on any atom is -0.495 e. The Morgan fingerprint density at radius 2 is 1.97 bits per heavy atom. The van der Waals surface area contributed by atoms with Gasteiger partial charge in [-0.2, -0.15) is 0 Å². The van der Waals surface area contributed by atoms with Gasteiger partial charge < -0.3 is 15.0 Å². The fourth-order valence-electron chi connectivity index (χ4n) is 4.19. The lowest BCUT2D eigenvalue weighted by Gasteiger charge is -2.11. The van der Waals surface area contributed by atoms with Gasteiger partial charge in [0.15, 0.2) is 0 Å². The first-order valence-electron chi connectivity index (χ1n) is 10.6. The van der Waals surface area contributed by atoms with Gasteiger partial charge in [0.1, 0.15) is 5.75 Å². The lowest BCUT2D eigenvalue weighted by molar-refractivity contribution is 0.100. The molecule has 4 aromatic rings. The van der Waals surface area contributed by atoms with E-state index in [1.54, 1.807) is 13.2 Å². The van der Waals surface area contributed by atoms with E-state index < -0.39 is 5.91 Å². The average molecular weight is 434 g/mol. The molecule has 31 heavy (non-hydrogen) atoms. The number of primary amides is 1. The van der Waals surface area contributed by atoms with Gasteiger partial charge in [-0.3, -0.25) is 4.79 Å². The van der Waals surface area contributed by atoms with E-state index in [0.29, 0.717) is 22.9 Å². The molecular weight excluding hydrogens is 408 g/mol. The fraction of sp³-hybridized carbons (Fsp3) is 0.269. The van der Waals surface area contributed by atoms with Crippen LogP contribution in [0.1, 0.15) is 47.7 Å². The molecule has 0 spiro atoms. The molecule has 0 fully saturated rings. The summed E-state index contributed by atoms with van der Waals surface area (Å²) in [5.41, 5.74) is 10.5. The molecule has 4 nitrogen and oxygen atoms in total. The summed E-state index contributed by atoms with van der Waals surface area (Å²) in [4.78, 5) is 12.2. The van der Waals surface area contributed by atoms with E-state index in [1.807, 2.05) is 36.4 Å². The normalized spacial score (nSPS) is 11.3. The summed E-state index contributed by atoms with van der Waals surface area (Å²) in [5.74, 6) is 0.216. The number of aromatic nitrogens is 1. The predicted molar refractivity (Wildman–Crippen MR) is 127 cm³/mol. The molecule has 5 heteroatoms. The number of methoxy groups -OCH3 is 1. The van der Waals surface area contributed by atoms with Gasteiger partial charge >= 0.3 is 0 Å². The Bertz CT molecular complexity index is 1260. The van der Waals surface area contributed by atoms with Crippen LogP contribution in [0.2, 0.25) is 5.02 Å². The molecule has 3 aromatic carbocycles. The van der Waals surface area contributed by atoms with Gasteiger partial charge in [0.05, 0.1) is 23.2 Å². The van der Waals surface area contributed by atoms with E-state index in [1.165, 1.54) is 18.4 Å². The quantitative estimate of drug-likeness (QED) is 0.339. The van der Waals surface area contributed by atoms with E-state index in [4.69, 9.17) is 22.1 Å². The Hall–Kier alpha value is -2.98. The zero-order chi connectivity index (χ0) is 22.0. The van der Waals surface area contributed by atoms with Crippen molar-refractivity contribution in [2.24, 2.45) is 5.73 Å². The molecule has 1 aromatic heterocycles. The van der Waals surface area contributed by atoms with Crippen molar-refractivity contribution in [2.75, 3.05) is 7.11 Å². The zero-order valence-electron chi connectivity index (χ0n) is 17.9. The van der Waals surface area contributed by atoms with Gasteiger partial charge in [-0.1, -0.05) is 49.6 Å². The number of carbonyl (C=O) groups excluding carboxylic acids is 1. The maximum atomic E-state index is 12.2. The summed E-state index contributed by atoms with van der Waals surface area (Å²) >= 11 is 6.37. The SMILES string of the molecule is CCCCCc1c[c]c2c3c(C(N)=O)cccc3n(Cc3ccc(OC)c(Cl)c3)c2c1. The summed E-state index contributed by atoms with van der Waals surface area (Å²) in [7, 11) is 1.61. The number of halogens is 1. The molecular formula is C26H26ClN2O2. The first-order valence-corrected chi connectivity index (χ1v) is 11.0. The van der Waals surface area contributed by atoms with Gasteiger partial charge in [-0.25, -0.2) is 0 Å². The van der Waals surface area contributed by atoms with Crippen molar-refractivity contribution in [2.45, 2.75) is 39.2 Å². The highest BCUT2D eigenvalue weighted by molar-refractivity contribution is 6.32. The molecule has 0 saturated carbocycles. The smallest absolute Gasteiger partial charge is 0.249 e. The molecule has 1 amide bonds. The second-order valence-corrected chi connectivity index (χ2v) is 8.25. The number of hydrogen-bond donors (Lipinski definition) is 1. The largest absolute Gasteiger partial charge is 0.495 e. The average Bonchev–Trinajstić information content (AvgIpc) is 3.07. The highest BCUT2D eigenvalue weighted by atomic mass is 35.5. The van der Waals surface area contributed by atoms with Crippen molar-refractivity contribution in [1.29, 1.82) is 0 Å². The van der Waals surface area contributed by atoms with E-state index >= 15 is 0 Å². The van der Waals surface area contributed by atoms with Crippen LogP contribution in [0.25, 0.3) is 21.8 Å². The number of ether oxygens (including phenoxy) is 1. The standard InChI is InChI=1S/C26H26ClN2O2/c1-3-4-5-7-17-10-12-19-23(15-17)29(16-18-11-13-24(31-2)21(27)14-18)22-9-6-8-20(25(19)22)26(28)30/h6,8-11,13-15H,3-5,7,16H2,1-2H3,(H2,28,30). The van der Waals surface area contributed by atoms with Crippen LogP contribution >= 0.6 is 11.6 Å². The Kier molecular flexibility index (Phi) is 6.19. The molecule has 2 N–H and O–H groups in total. The molecule has 0 bridgehead atoms. The maximum absolute atomic E-state index is 12.2. The van der Waals surface area contributed by atoms with Gasteiger partial charge in [0.25, 0.3) is 0 Å². The first-order chi connectivity index (χ1) is 15.0. The van der Waals surface area contributed by atoms with Crippen LogP contribution in [0.5, 0.6) is 5.75 Å². The van der Waals surface area contributed by atoms with E-state index in [0.717, 1.165) is 40.2 Å². The minimum atomic E-state index is -0.433. The number of amides is 1. The van der Waals surface area contributed by atoms with E-state index in [2.05, 4.69) is 23.6 Å². The lowest BCUT2D eigenvalue weighted by Crippen LogP contribution is -2.11. The Morgan fingerprint density at radius 1 is 1.13 bits per heavy atom. The zero-order valence-corrected chi connectivity index (χ0v) is 18.6. The number of nitrogens with zero attached hydrogens (tertiary/aromatic N) is 1. The Morgan fingerprint density at radius 3 is 2.68 bits per heavy atom. The van der Waals surface area contributed by atoms with Gasteiger partial charge in [0.2, 0.25) is 5.91 Å². The number of fused-ring (bicyclic) bond motifs is 3. The Labute approximate surface area is 187 Å². The van der Waals surface area contributed by atoms with Gasteiger partial charge in [-0.05, 0) is 60.4 Å². The third-order valence-electron chi connectivity index (χ3n) is 5.75. The molecule has 1 radical (unpaired) electrons. The molecule has 0 aliphatic rings. The van der Waals surface area contributed by atoms with Gasteiger partial charge in [0, 0.05) is 22.9 Å². The van der Waals surface area contributed by atoms with Crippen LogP contribution in [-0.4, -0.2) is 17.6 Å². The van der Waals surface area contributed by atoms with E-state index in [-0.39, 0.29) is 0 Å². The summed E-state index contributed by atoms with van der Waals surface area (Å²) in [6, 6.07) is 19.2. The van der Waals surface area contributed by atoms with E-state index in [9.17, 15) is 4.79 Å². The van der Waals surface area contributed by atoms with Crippen LogP contribution in [0, 0.1) is 6.07 Å². The number of nitrogens with two attached hydrogens (primary N) is 1. The second kappa shape index (κ2) is 9.03. The Balaban J connectivity index is 1.89. The van der Waals surface area contributed by atoms with Crippen LogP contribution < -0.4 is 10.5 Å². The molecule has 0 aliphatic carbocycles. The highest BCUT2D eigenvalue weighted by Gasteiger charge is 2.17. The fourth-order valence-corrected chi connectivity index (χ4v) is 4.47. The monoisotopic (exact) mass is 433 g/mol. The van der Waals surface area contributed by atoms with Crippen molar-refractivity contribution < 1.29 is 9.53 Å². The van der Waals surface area contributed by atoms with Crippen molar-refractivity contribution in [3.8, 4) is 5.75 Å². The molecule has 0 aliphatic heterocycles. The van der Waals surface area contributed by atoms with Crippen molar-refractivity contribution in [1.82, 2.24) is 4.57 Å². The summed E-state index contributed by atoms with van der Waals surface area (Å²) in [5, 5.41) is 2.35. The molecule has 0 saturated heterocycles. The highest BCUT2D eigenvalue weighted by Crippen LogP contribution is 2.34. The number of benzene rings is 3. The number of carbonyl (C=O) groups is 1. The third-order valence-corrected chi connectivity index (χ3v) is 6.04. The maximum Gasteiger partial charge on any atom is 0.249 e. The number of hydrogen-bond acceptors (Lipinski definition) is 2. The molecule has 0 atom stereocenters. The van der Waals surface area contributed by atoms with Crippen LogP contribution in [0.3, 0.4) is 0 Å². The van der Waals surface area contributed by atoms with Crippen molar-refractivity contribution in [3.63, 3.8) is 0 Å². The summed E-state index contributed by atoms with van der Waals surface area (Å²) in [6.45, 7) is 2.82. The molecule has 0 unspecified atom stereocenters. The number of unbranched alkanes of at least 4 members (excludes halogenated alkanes) is 2. The number of aryl methyl sites for hydroxylation is 1. The third kappa shape index (κ3) is 4.13. The topological polar surface area (TPSA) is 57.2 Å². The number of rotatable bonds is 8. The van der Waals surface area contributed by atoms with Crippen LogP contribution in [0.4, 0.5) is 0 Å². The molecule has 159 valence electrons. The lowest BCUT2D eigenvalue weighted by atomic mass is 10.0. The predicted octanol–water partition coefficient (Wildman–Crippen LogP) is 6.14. The summed E-state index contributed by atoms with van der Waals surface area (Å²) in [6.07, 6.45) is 4.55.